The third-order valence-corrected chi connectivity index (χ3v) is 5.45. The van der Waals surface area contributed by atoms with Crippen LogP contribution in [0.25, 0.3) is 11.3 Å². The Morgan fingerprint density at radius 2 is 1.85 bits per heavy atom. The number of hydrogen-bond acceptors (Lipinski definition) is 2. The molecular weight excluding hydrogens is 494 g/mol. The van der Waals surface area contributed by atoms with E-state index in [1.54, 1.807) is 16.7 Å². The van der Waals surface area contributed by atoms with Gasteiger partial charge in [0.25, 0.3) is 0 Å². The lowest BCUT2D eigenvalue weighted by molar-refractivity contribution is 0.0873. The van der Waals surface area contributed by atoms with Crippen molar-refractivity contribution in [2.24, 2.45) is 0 Å². The molecule has 146 valence electrons. The summed E-state index contributed by atoms with van der Waals surface area (Å²) in [6, 6.07) is 9.57. The molecule has 0 aliphatic heterocycles. The highest BCUT2D eigenvalue weighted by Crippen LogP contribution is 2.45. The second-order valence-electron chi connectivity index (χ2n) is 5.86. The second kappa shape index (κ2) is 10.4. The van der Waals surface area contributed by atoms with Crippen molar-refractivity contribution in [3.05, 3.63) is 46.1 Å². The Labute approximate surface area is 188 Å². The molecule has 0 bridgehead atoms. The summed E-state index contributed by atoms with van der Waals surface area (Å²) in [5, 5.41) is 11.4. The second-order valence-corrected chi connectivity index (χ2v) is 9.37. The molecule has 1 heterocycles. The molecule has 0 saturated heterocycles. The maximum absolute atomic E-state index is 9.93. The van der Waals surface area contributed by atoms with E-state index in [0.29, 0.717) is 35.0 Å². The maximum atomic E-state index is 9.93. The summed E-state index contributed by atoms with van der Waals surface area (Å²) in [5.41, 5.74) is 3.24. The van der Waals surface area contributed by atoms with E-state index in [1.807, 2.05) is 19.1 Å². The first kappa shape index (κ1) is 22.9. The summed E-state index contributed by atoms with van der Waals surface area (Å²) in [4.78, 5) is 0. The van der Waals surface area contributed by atoms with Crippen molar-refractivity contribution in [1.82, 2.24) is 4.57 Å². The number of unbranched alkanes of at least 4 members (excludes halogenated alkanes) is 1. The highest BCUT2D eigenvalue weighted by Gasteiger charge is 2.35. The molecule has 2 aromatic rings. The smallest absolute Gasteiger partial charge is 0.231 e. The van der Waals surface area contributed by atoms with E-state index in [4.69, 9.17) is 51.1 Å². The van der Waals surface area contributed by atoms with E-state index in [2.05, 4.69) is 22.0 Å². The van der Waals surface area contributed by atoms with Crippen LogP contribution < -0.4 is 0 Å². The monoisotopic (exact) mass is 510 g/mol. The summed E-state index contributed by atoms with van der Waals surface area (Å²) in [6.07, 6.45) is 2.46. The molecule has 0 aliphatic carbocycles. The SMILES string of the molecule is CCOCn1c(-c2ccc(Cl)cc2)c(C#N)c(CCCCBr)c1C(Cl)(Cl)Cl. The number of nitriles is 1. The van der Waals surface area contributed by atoms with Crippen molar-refractivity contribution in [1.29, 1.82) is 5.26 Å². The minimum atomic E-state index is -1.68. The third kappa shape index (κ3) is 5.56. The molecular formula is C19H19BrCl4N2O. The molecule has 0 aliphatic rings. The van der Waals surface area contributed by atoms with E-state index in [1.165, 1.54) is 0 Å². The number of alkyl halides is 4. The molecule has 0 radical (unpaired) electrons. The van der Waals surface area contributed by atoms with Crippen LogP contribution >= 0.6 is 62.3 Å². The van der Waals surface area contributed by atoms with Crippen LogP contribution in [0.5, 0.6) is 0 Å². The molecule has 27 heavy (non-hydrogen) atoms. The highest BCUT2D eigenvalue weighted by molar-refractivity contribution is 9.09. The zero-order valence-electron chi connectivity index (χ0n) is 14.7. The number of nitrogens with zero attached hydrogens (tertiary/aromatic N) is 2. The van der Waals surface area contributed by atoms with Crippen LogP contribution in [-0.2, 0) is 21.7 Å². The average molecular weight is 513 g/mol. The first-order valence-electron chi connectivity index (χ1n) is 8.47. The molecule has 1 aromatic heterocycles. The molecule has 3 nitrogen and oxygen atoms in total. The number of aromatic nitrogens is 1. The Hall–Kier alpha value is -0.410. The van der Waals surface area contributed by atoms with Gasteiger partial charge < -0.3 is 9.30 Å². The Balaban J connectivity index is 2.75. The van der Waals surface area contributed by atoms with Crippen molar-refractivity contribution in [3.8, 4) is 17.3 Å². The summed E-state index contributed by atoms with van der Waals surface area (Å²) in [7, 11) is 0. The minimum Gasteiger partial charge on any atom is -0.361 e. The Bertz CT molecular complexity index is 807. The predicted molar refractivity (Wildman–Crippen MR) is 117 cm³/mol. The Morgan fingerprint density at radius 1 is 1.19 bits per heavy atom. The molecule has 0 fully saturated rings. The average Bonchev–Trinajstić information content (AvgIpc) is 2.94. The van der Waals surface area contributed by atoms with E-state index in [-0.39, 0.29) is 6.73 Å². The molecule has 8 heteroatoms. The van der Waals surface area contributed by atoms with Crippen molar-refractivity contribution in [3.63, 3.8) is 0 Å². The van der Waals surface area contributed by atoms with Crippen molar-refractivity contribution in [2.75, 3.05) is 11.9 Å². The molecule has 0 N–H and O–H groups in total. The maximum Gasteiger partial charge on any atom is 0.231 e. The number of hydrogen-bond donors (Lipinski definition) is 0. The molecule has 0 spiro atoms. The van der Waals surface area contributed by atoms with Gasteiger partial charge in [-0.1, -0.05) is 74.5 Å². The van der Waals surface area contributed by atoms with Crippen LogP contribution in [0.15, 0.2) is 24.3 Å². The highest BCUT2D eigenvalue weighted by atomic mass is 79.9. The lowest BCUT2D eigenvalue weighted by atomic mass is 10.0. The standard InChI is InChI=1S/C19H19BrCl4N2O/c1-2-27-12-26-17(13-6-8-14(21)9-7-13)16(11-25)15(5-3-4-10-20)18(26)19(22,23)24/h6-9H,2-5,10,12H2,1H3. The Morgan fingerprint density at radius 3 is 2.37 bits per heavy atom. The van der Waals surface area contributed by atoms with Gasteiger partial charge in [-0.05, 0) is 49.4 Å². The Kier molecular flexibility index (Phi) is 8.80. The van der Waals surface area contributed by atoms with Gasteiger partial charge in [0.1, 0.15) is 12.8 Å². The molecule has 0 atom stereocenters. The molecule has 0 amide bonds. The fourth-order valence-corrected chi connectivity index (χ4v) is 4.15. The van der Waals surface area contributed by atoms with Crippen LogP contribution in [0.4, 0.5) is 0 Å². The summed E-state index contributed by atoms with van der Waals surface area (Å²) in [5.74, 6) is 0. The zero-order chi connectivity index (χ0) is 20.0. The van der Waals surface area contributed by atoms with Gasteiger partial charge >= 0.3 is 0 Å². The van der Waals surface area contributed by atoms with Gasteiger partial charge in [-0.3, -0.25) is 0 Å². The molecule has 0 unspecified atom stereocenters. The van der Waals surface area contributed by atoms with Gasteiger partial charge in [-0.2, -0.15) is 5.26 Å². The third-order valence-electron chi connectivity index (χ3n) is 4.10. The van der Waals surface area contributed by atoms with E-state index in [9.17, 15) is 5.26 Å². The summed E-state index contributed by atoms with van der Waals surface area (Å²) < 4.78 is 5.73. The normalized spacial score (nSPS) is 11.6. The molecule has 0 saturated carbocycles. The zero-order valence-corrected chi connectivity index (χ0v) is 19.4. The van der Waals surface area contributed by atoms with Crippen LogP contribution in [-0.4, -0.2) is 16.5 Å². The number of benzene rings is 1. The fourth-order valence-electron chi connectivity index (χ4n) is 2.97. The minimum absolute atomic E-state index is 0.185. The van der Waals surface area contributed by atoms with E-state index < -0.39 is 3.79 Å². The van der Waals surface area contributed by atoms with Gasteiger partial charge in [-0.15, -0.1) is 0 Å². The van der Waals surface area contributed by atoms with Gasteiger partial charge in [0.2, 0.25) is 3.79 Å². The van der Waals surface area contributed by atoms with E-state index >= 15 is 0 Å². The van der Waals surface area contributed by atoms with Gasteiger partial charge in [0.05, 0.1) is 17.0 Å². The first-order valence-corrected chi connectivity index (χ1v) is 11.1. The fraction of sp³-hybridized carbons (Fsp3) is 0.421. The number of rotatable bonds is 8. The van der Waals surface area contributed by atoms with Gasteiger partial charge in [0.15, 0.2) is 0 Å². The number of ether oxygens (including phenoxy) is 1. The number of halogens is 5. The quantitative estimate of drug-likeness (QED) is 0.276. The van der Waals surface area contributed by atoms with Crippen molar-refractivity contribution >= 4 is 62.3 Å². The lowest BCUT2D eigenvalue weighted by Gasteiger charge is -2.19. The predicted octanol–water partition coefficient (Wildman–Crippen LogP) is 7.22. The summed E-state index contributed by atoms with van der Waals surface area (Å²) in [6.45, 7) is 2.58. The topological polar surface area (TPSA) is 38.0 Å². The van der Waals surface area contributed by atoms with Crippen molar-refractivity contribution < 1.29 is 4.74 Å². The lowest BCUT2D eigenvalue weighted by Crippen LogP contribution is -2.15. The van der Waals surface area contributed by atoms with E-state index in [0.717, 1.165) is 29.3 Å². The van der Waals surface area contributed by atoms with Crippen LogP contribution in [0.1, 0.15) is 36.6 Å². The molecule has 2 rings (SSSR count). The largest absolute Gasteiger partial charge is 0.361 e. The van der Waals surface area contributed by atoms with Crippen LogP contribution in [0.3, 0.4) is 0 Å². The first-order chi connectivity index (χ1) is 12.8. The summed E-state index contributed by atoms with van der Waals surface area (Å²) >= 11 is 28.4. The van der Waals surface area contributed by atoms with Gasteiger partial charge in [-0.25, -0.2) is 0 Å². The van der Waals surface area contributed by atoms with Crippen molar-refractivity contribution in [2.45, 2.75) is 36.7 Å². The van der Waals surface area contributed by atoms with Gasteiger partial charge in [0, 0.05) is 17.0 Å². The van der Waals surface area contributed by atoms with Crippen LogP contribution in [0, 0.1) is 11.3 Å². The molecule has 1 aromatic carbocycles. The van der Waals surface area contributed by atoms with Crippen LogP contribution in [0.2, 0.25) is 5.02 Å².